The van der Waals surface area contributed by atoms with Gasteiger partial charge in [-0.05, 0) is 11.6 Å². The molecule has 2 aromatic heterocycles. The first kappa shape index (κ1) is 13.7. The Labute approximate surface area is 128 Å². The largest absolute Gasteiger partial charge is 0.386 e. The smallest absolute Gasteiger partial charge is 0.226 e. The van der Waals surface area contributed by atoms with Gasteiger partial charge in [-0.1, -0.05) is 5.92 Å². The lowest BCUT2D eigenvalue weighted by atomic mass is 10.2. The van der Waals surface area contributed by atoms with E-state index in [0.717, 1.165) is 6.20 Å². The van der Waals surface area contributed by atoms with E-state index in [1.807, 2.05) is 0 Å². The van der Waals surface area contributed by atoms with E-state index in [4.69, 9.17) is 28.5 Å². The number of halogens is 2. The van der Waals surface area contributed by atoms with Crippen LogP contribution in [-0.4, -0.2) is 42.1 Å². The first-order valence-electron chi connectivity index (χ1n) is 6.39. The zero-order valence-electron chi connectivity index (χ0n) is 11.0. The van der Waals surface area contributed by atoms with Crippen LogP contribution in [0.4, 0.5) is 10.2 Å². The Bertz CT molecular complexity index is 865. The van der Waals surface area contributed by atoms with Gasteiger partial charge in [-0.2, -0.15) is 4.98 Å². The van der Waals surface area contributed by atoms with Crippen molar-refractivity contribution in [3.8, 4) is 12.3 Å². The number of hydrogen-bond donors (Lipinski definition) is 3. The Morgan fingerprint density at radius 2 is 2.32 bits per heavy atom. The molecular weight excluding hydrogens is 315 g/mol. The monoisotopic (exact) mass is 324 g/mol. The van der Waals surface area contributed by atoms with Gasteiger partial charge in [-0.3, -0.25) is 0 Å². The Kier molecular flexibility index (Phi) is 2.42. The highest BCUT2D eigenvalue weighted by Gasteiger charge is 2.83. The van der Waals surface area contributed by atoms with E-state index in [1.54, 1.807) is 0 Å². The van der Waals surface area contributed by atoms with Crippen LogP contribution in [0.5, 0.6) is 0 Å². The Hall–Kier alpha value is -1.92. The first-order chi connectivity index (χ1) is 10.3. The van der Waals surface area contributed by atoms with Crippen LogP contribution in [0.3, 0.4) is 0 Å². The minimum Gasteiger partial charge on any atom is -0.386 e. The SMILES string of the molecule is C#C[C@]12O[C@@H](n3cc(F)c4c(N)nc(Cl)nc43)C[C@@]1(O)[C@@H]2O. The number of fused-ring (bicyclic) bond motifs is 2. The molecule has 4 rings (SSSR count). The molecule has 4 atom stereocenters. The van der Waals surface area contributed by atoms with Crippen molar-refractivity contribution >= 4 is 28.5 Å². The number of aliphatic hydroxyl groups excluding tert-OH is 1. The van der Waals surface area contributed by atoms with Gasteiger partial charge in [0, 0.05) is 12.6 Å². The van der Waals surface area contributed by atoms with Gasteiger partial charge in [0.05, 0.1) is 5.39 Å². The summed E-state index contributed by atoms with van der Waals surface area (Å²) in [6.07, 6.45) is 4.49. The van der Waals surface area contributed by atoms with E-state index in [1.165, 1.54) is 4.57 Å². The van der Waals surface area contributed by atoms with Crippen molar-refractivity contribution in [2.75, 3.05) is 5.73 Å². The molecule has 1 aliphatic carbocycles. The summed E-state index contributed by atoms with van der Waals surface area (Å²) in [5.74, 6) is 1.53. The molecule has 0 spiro atoms. The lowest BCUT2D eigenvalue weighted by Crippen LogP contribution is -2.20. The van der Waals surface area contributed by atoms with Crippen LogP contribution in [0.1, 0.15) is 12.6 Å². The minimum atomic E-state index is -1.55. The van der Waals surface area contributed by atoms with Gasteiger partial charge >= 0.3 is 0 Å². The van der Waals surface area contributed by atoms with E-state index in [9.17, 15) is 14.6 Å². The van der Waals surface area contributed by atoms with Crippen molar-refractivity contribution in [3.63, 3.8) is 0 Å². The molecule has 1 saturated carbocycles. The molecule has 4 N–H and O–H groups in total. The van der Waals surface area contributed by atoms with Crippen LogP contribution >= 0.6 is 11.6 Å². The molecule has 2 fully saturated rings. The van der Waals surface area contributed by atoms with Crippen molar-refractivity contribution in [1.29, 1.82) is 0 Å². The zero-order chi connectivity index (χ0) is 15.9. The highest BCUT2D eigenvalue weighted by molar-refractivity contribution is 6.28. The number of aliphatic hydroxyl groups is 2. The molecule has 2 aliphatic rings. The number of terminal acetylenes is 1. The summed E-state index contributed by atoms with van der Waals surface area (Å²) >= 11 is 5.75. The van der Waals surface area contributed by atoms with E-state index in [-0.39, 0.29) is 28.6 Å². The quantitative estimate of drug-likeness (QED) is 0.511. The fourth-order valence-electron chi connectivity index (χ4n) is 3.14. The summed E-state index contributed by atoms with van der Waals surface area (Å²) in [6.45, 7) is 0. The average Bonchev–Trinajstić information content (AvgIpc) is 2.78. The van der Waals surface area contributed by atoms with Gasteiger partial charge in [0.15, 0.2) is 17.1 Å². The predicted octanol–water partition coefficient (Wildman–Crippen LogP) is 0.203. The summed E-state index contributed by atoms with van der Waals surface area (Å²) in [4.78, 5) is 7.65. The number of rotatable bonds is 1. The molecule has 3 heterocycles. The Morgan fingerprint density at radius 1 is 1.59 bits per heavy atom. The molecule has 2 aromatic rings. The van der Waals surface area contributed by atoms with E-state index in [2.05, 4.69) is 15.9 Å². The summed E-state index contributed by atoms with van der Waals surface area (Å²) in [5.41, 5.74) is 2.75. The van der Waals surface area contributed by atoms with Crippen molar-refractivity contribution in [3.05, 3.63) is 17.3 Å². The summed E-state index contributed by atoms with van der Waals surface area (Å²) in [6, 6.07) is 0. The number of hydrogen-bond acceptors (Lipinski definition) is 6. The second-order valence-electron chi connectivity index (χ2n) is 5.44. The van der Waals surface area contributed by atoms with Crippen LogP contribution < -0.4 is 5.73 Å². The van der Waals surface area contributed by atoms with Crippen LogP contribution in [0.2, 0.25) is 5.28 Å². The number of nitrogen functional groups attached to an aromatic ring is 1. The third kappa shape index (κ3) is 1.37. The minimum absolute atomic E-state index is 0.0101. The summed E-state index contributed by atoms with van der Waals surface area (Å²) in [7, 11) is 0. The maximum Gasteiger partial charge on any atom is 0.226 e. The van der Waals surface area contributed by atoms with Crippen LogP contribution in [-0.2, 0) is 4.74 Å². The van der Waals surface area contributed by atoms with Gasteiger partial charge in [-0.15, -0.1) is 6.42 Å². The average molecular weight is 325 g/mol. The van der Waals surface area contributed by atoms with Gasteiger partial charge in [0.25, 0.3) is 0 Å². The molecule has 1 saturated heterocycles. The number of aromatic nitrogens is 3. The second-order valence-corrected chi connectivity index (χ2v) is 5.78. The third-order valence-corrected chi connectivity index (χ3v) is 4.53. The van der Waals surface area contributed by atoms with Crippen LogP contribution in [0.25, 0.3) is 11.0 Å². The molecule has 1 aliphatic heterocycles. The standard InChI is InChI=1S/C13H10ClFN4O3/c1-2-13-10(20)12(13,21)3-6(22-13)19-4-5(15)7-8(16)17-11(14)18-9(7)19/h1,4,6,10,20-21H,3H2,(H2,16,17,18)/t6-,10+,12-,13-/m1/s1. The first-order valence-corrected chi connectivity index (χ1v) is 6.77. The van der Waals surface area contributed by atoms with Crippen molar-refractivity contribution in [1.82, 2.24) is 14.5 Å². The van der Waals surface area contributed by atoms with E-state index < -0.39 is 29.4 Å². The van der Waals surface area contributed by atoms with Gasteiger partial charge in [0.2, 0.25) is 5.28 Å². The molecule has 0 unspecified atom stereocenters. The van der Waals surface area contributed by atoms with Crippen LogP contribution in [0, 0.1) is 18.2 Å². The Balaban J connectivity index is 1.83. The molecular formula is C13H10ClFN4O3. The fraction of sp³-hybridized carbons (Fsp3) is 0.385. The van der Waals surface area contributed by atoms with Gasteiger partial charge in [-0.25, -0.2) is 9.37 Å². The maximum atomic E-state index is 14.1. The fourth-order valence-corrected chi connectivity index (χ4v) is 3.31. The number of ether oxygens (including phenoxy) is 1. The predicted molar refractivity (Wildman–Crippen MR) is 74.2 cm³/mol. The van der Waals surface area contributed by atoms with Crippen molar-refractivity contribution in [2.24, 2.45) is 0 Å². The lowest BCUT2D eigenvalue weighted by molar-refractivity contribution is -0.0379. The third-order valence-electron chi connectivity index (χ3n) is 4.36. The van der Waals surface area contributed by atoms with Gasteiger partial charge < -0.3 is 25.3 Å². The number of anilines is 1. The molecule has 114 valence electrons. The lowest BCUT2D eigenvalue weighted by Gasteiger charge is -2.18. The number of nitrogens with zero attached hydrogens (tertiary/aromatic N) is 3. The molecule has 22 heavy (non-hydrogen) atoms. The van der Waals surface area contributed by atoms with Crippen LogP contribution in [0.15, 0.2) is 6.20 Å². The van der Waals surface area contributed by atoms with E-state index in [0.29, 0.717) is 0 Å². The molecule has 0 aromatic carbocycles. The second kappa shape index (κ2) is 3.88. The topological polar surface area (TPSA) is 106 Å². The highest BCUT2D eigenvalue weighted by Crippen LogP contribution is 2.62. The van der Waals surface area contributed by atoms with Gasteiger partial charge in [0.1, 0.15) is 23.8 Å². The normalized spacial score (nSPS) is 36.3. The Morgan fingerprint density at radius 3 is 2.95 bits per heavy atom. The number of nitrogens with two attached hydrogens (primary N) is 1. The summed E-state index contributed by atoms with van der Waals surface area (Å²) in [5, 5.41) is 19.9. The molecule has 9 heteroatoms. The molecule has 0 bridgehead atoms. The maximum absolute atomic E-state index is 14.1. The summed E-state index contributed by atoms with van der Waals surface area (Å²) < 4.78 is 21.0. The zero-order valence-corrected chi connectivity index (χ0v) is 11.8. The molecule has 0 amide bonds. The van der Waals surface area contributed by atoms with E-state index >= 15 is 0 Å². The van der Waals surface area contributed by atoms with Crippen molar-refractivity contribution in [2.45, 2.75) is 30.0 Å². The molecule has 7 nitrogen and oxygen atoms in total. The van der Waals surface area contributed by atoms with Crippen molar-refractivity contribution < 1.29 is 19.3 Å². The molecule has 0 radical (unpaired) electrons. The highest BCUT2D eigenvalue weighted by atomic mass is 35.5.